The number of hydrogen-bond acceptors (Lipinski definition) is 1. The van der Waals surface area contributed by atoms with Gasteiger partial charge < -0.3 is 5.32 Å². The lowest BCUT2D eigenvalue weighted by Crippen LogP contribution is -2.24. The largest absolute Gasteiger partial charge is 0.353 e. The van der Waals surface area contributed by atoms with E-state index in [0.29, 0.717) is 23.8 Å². The normalized spacial score (nSPS) is 42.9. The summed E-state index contributed by atoms with van der Waals surface area (Å²) in [7, 11) is 0. The van der Waals surface area contributed by atoms with Gasteiger partial charge in [0.2, 0.25) is 5.91 Å². The van der Waals surface area contributed by atoms with E-state index in [1.807, 2.05) is 0 Å². The smallest absolute Gasteiger partial charge is 0.223 e. The van der Waals surface area contributed by atoms with Gasteiger partial charge in [-0.25, -0.2) is 0 Å². The average Bonchev–Trinajstić information content (AvgIpc) is 2.57. The van der Waals surface area contributed by atoms with Crippen molar-refractivity contribution >= 4 is 5.91 Å². The van der Waals surface area contributed by atoms with E-state index >= 15 is 0 Å². The zero-order valence-electron chi connectivity index (χ0n) is 6.26. The molecule has 2 nitrogen and oxygen atoms in total. The molecule has 1 aliphatic carbocycles. The lowest BCUT2D eigenvalue weighted by molar-refractivity contribution is -0.123. The zero-order valence-corrected chi connectivity index (χ0v) is 6.26. The highest BCUT2D eigenvalue weighted by Gasteiger charge is 2.52. The van der Waals surface area contributed by atoms with Gasteiger partial charge in [-0.05, 0) is 18.8 Å². The van der Waals surface area contributed by atoms with Crippen LogP contribution in [0, 0.1) is 11.8 Å². The van der Waals surface area contributed by atoms with Gasteiger partial charge in [0.1, 0.15) is 0 Å². The van der Waals surface area contributed by atoms with E-state index < -0.39 is 0 Å². The highest BCUT2D eigenvalue weighted by Crippen LogP contribution is 2.44. The van der Waals surface area contributed by atoms with Crippen molar-refractivity contribution in [1.82, 2.24) is 5.32 Å². The quantitative estimate of drug-likeness (QED) is 0.605. The van der Waals surface area contributed by atoms with Gasteiger partial charge in [-0.2, -0.15) is 0 Å². The highest BCUT2D eigenvalue weighted by atomic mass is 16.2. The van der Waals surface area contributed by atoms with Gasteiger partial charge >= 0.3 is 0 Å². The minimum atomic E-state index is 0.308. The molecule has 1 saturated heterocycles. The molecule has 1 amide bonds. The van der Waals surface area contributed by atoms with Gasteiger partial charge in [0.05, 0.1) is 0 Å². The molecule has 0 aromatic carbocycles. The Labute approximate surface area is 61.0 Å². The van der Waals surface area contributed by atoms with Gasteiger partial charge in [-0.3, -0.25) is 4.79 Å². The minimum absolute atomic E-state index is 0.308. The summed E-state index contributed by atoms with van der Waals surface area (Å²) in [6, 6.07) is 0.573. The Morgan fingerprint density at radius 1 is 1.70 bits per heavy atom. The van der Waals surface area contributed by atoms with Crippen molar-refractivity contribution in [1.29, 1.82) is 0 Å². The van der Waals surface area contributed by atoms with Crippen LogP contribution in [0.3, 0.4) is 0 Å². The van der Waals surface area contributed by atoms with Crippen molar-refractivity contribution in [2.45, 2.75) is 32.2 Å². The second-order valence-corrected chi connectivity index (χ2v) is 3.41. The van der Waals surface area contributed by atoms with Crippen LogP contribution in [0.25, 0.3) is 0 Å². The van der Waals surface area contributed by atoms with Crippen LogP contribution in [-0.4, -0.2) is 11.9 Å². The Balaban J connectivity index is 1.98. The van der Waals surface area contributed by atoms with Gasteiger partial charge in [0.25, 0.3) is 0 Å². The van der Waals surface area contributed by atoms with E-state index in [2.05, 4.69) is 12.2 Å². The third kappa shape index (κ3) is 0.746. The first-order chi connectivity index (χ1) is 4.83. The number of piperidine rings is 1. The maximum absolute atomic E-state index is 11.1. The molecule has 0 bridgehead atoms. The summed E-state index contributed by atoms with van der Waals surface area (Å²) in [6.07, 6.45) is 3.48. The van der Waals surface area contributed by atoms with Crippen molar-refractivity contribution < 1.29 is 4.79 Å². The molecule has 1 heterocycles. The SMILES string of the molecule is CCCC1C(=O)NC2CC21. The molecule has 0 radical (unpaired) electrons. The monoisotopic (exact) mass is 139 g/mol. The van der Waals surface area contributed by atoms with Crippen molar-refractivity contribution in [2.75, 3.05) is 0 Å². The van der Waals surface area contributed by atoms with Gasteiger partial charge in [-0.15, -0.1) is 0 Å². The summed E-state index contributed by atoms with van der Waals surface area (Å²) in [5, 5.41) is 2.99. The van der Waals surface area contributed by atoms with Crippen LogP contribution >= 0.6 is 0 Å². The molecule has 3 atom stereocenters. The molecule has 1 saturated carbocycles. The maximum atomic E-state index is 11.1. The Bertz CT molecular complexity index is 167. The number of rotatable bonds is 2. The van der Waals surface area contributed by atoms with E-state index in [1.165, 1.54) is 6.42 Å². The third-order valence-corrected chi connectivity index (χ3v) is 2.62. The molecule has 0 aromatic heterocycles. The molecule has 1 N–H and O–H groups in total. The topological polar surface area (TPSA) is 29.1 Å². The first-order valence-electron chi connectivity index (χ1n) is 4.13. The first kappa shape index (κ1) is 6.20. The van der Waals surface area contributed by atoms with E-state index in [9.17, 15) is 4.79 Å². The number of carbonyl (C=O) groups excluding carboxylic acids is 1. The van der Waals surface area contributed by atoms with E-state index in [0.717, 1.165) is 12.8 Å². The number of fused-ring (bicyclic) bond motifs is 1. The summed E-state index contributed by atoms with van der Waals surface area (Å²) < 4.78 is 0. The molecule has 56 valence electrons. The minimum Gasteiger partial charge on any atom is -0.353 e. The van der Waals surface area contributed by atoms with E-state index in [4.69, 9.17) is 0 Å². The summed E-state index contributed by atoms with van der Waals surface area (Å²) in [5.74, 6) is 1.39. The Kier molecular flexibility index (Phi) is 1.22. The molecule has 2 fully saturated rings. The van der Waals surface area contributed by atoms with Gasteiger partial charge in [0.15, 0.2) is 0 Å². The van der Waals surface area contributed by atoms with E-state index in [-0.39, 0.29) is 0 Å². The van der Waals surface area contributed by atoms with Crippen LogP contribution in [0.4, 0.5) is 0 Å². The fourth-order valence-corrected chi connectivity index (χ4v) is 1.97. The summed E-state index contributed by atoms with van der Waals surface area (Å²) in [4.78, 5) is 11.1. The molecule has 0 aromatic rings. The van der Waals surface area contributed by atoms with Crippen molar-refractivity contribution in [3.63, 3.8) is 0 Å². The summed E-state index contributed by atoms with van der Waals surface area (Å²) >= 11 is 0. The van der Waals surface area contributed by atoms with Crippen LogP contribution in [0.5, 0.6) is 0 Å². The molecular formula is C8H13NO. The predicted molar refractivity (Wildman–Crippen MR) is 38.4 cm³/mol. The van der Waals surface area contributed by atoms with Crippen LogP contribution < -0.4 is 5.32 Å². The molecule has 2 rings (SSSR count). The van der Waals surface area contributed by atoms with E-state index in [1.54, 1.807) is 0 Å². The summed E-state index contributed by atoms with van der Waals surface area (Å²) in [6.45, 7) is 2.14. The second-order valence-electron chi connectivity index (χ2n) is 3.41. The van der Waals surface area contributed by atoms with Crippen LogP contribution in [0.15, 0.2) is 0 Å². The van der Waals surface area contributed by atoms with Crippen molar-refractivity contribution in [3.05, 3.63) is 0 Å². The molecule has 2 aliphatic rings. The second kappa shape index (κ2) is 1.97. The standard InChI is InChI=1S/C8H13NO/c1-2-3-5-6-4-7(6)9-8(5)10/h5-7H,2-4H2,1H3,(H,9,10). The van der Waals surface area contributed by atoms with Crippen LogP contribution in [-0.2, 0) is 4.79 Å². The zero-order chi connectivity index (χ0) is 7.14. The maximum Gasteiger partial charge on any atom is 0.223 e. The molecule has 2 heteroatoms. The average molecular weight is 139 g/mol. The van der Waals surface area contributed by atoms with Crippen molar-refractivity contribution in [2.24, 2.45) is 11.8 Å². The first-order valence-corrected chi connectivity index (χ1v) is 4.13. The van der Waals surface area contributed by atoms with Crippen LogP contribution in [0.2, 0.25) is 0 Å². The predicted octanol–water partition coefficient (Wildman–Crippen LogP) is 0.921. The molecular weight excluding hydrogens is 126 g/mol. The molecule has 3 unspecified atom stereocenters. The highest BCUT2D eigenvalue weighted by molar-refractivity contribution is 5.83. The van der Waals surface area contributed by atoms with Crippen LogP contribution in [0.1, 0.15) is 26.2 Å². The Morgan fingerprint density at radius 3 is 3.00 bits per heavy atom. The lowest BCUT2D eigenvalue weighted by atomic mass is 9.99. The number of nitrogens with one attached hydrogen (secondary N) is 1. The van der Waals surface area contributed by atoms with Crippen molar-refractivity contribution in [3.8, 4) is 0 Å². The number of hydrogen-bond donors (Lipinski definition) is 1. The summed E-state index contributed by atoms with van der Waals surface area (Å²) in [5.41, 5.74) is 0. The molecule has 1 aliphatic heterocycles. The van der Waals surface area contributed by atoms with Gasteiger partial charge in [-0.1, -0.05) is 13.3 Å². The van der Waals surface area contributed by atoms with Gasteiger partial charge in [0, 0.05) is 12.0 Å². The number of carbonyl (C=O) groups is 1. The third-order valence-electron chi connectivity index (χ3n) is 2.62. The fourth-order valence-electron chi connectivity index (χ4n) is 1.97. The molecule has 0 spiro atoms. The lowest BCUT2D eigenvalue weighted by Gasteiger charge is -2.06. The number of amides is 1. The fraction of sp³-hybridized carbons (Fsp3) is 0.875. The molecule has 10 heavy (non-hydrogen) atoms. The Hall–Kier alpha value is -0.530. The Morgan fingerprint density at radius 2 is 2.50 bits per heavy atom.